The first-order chi connectivity index (χ1) is 10.2. The zero-order chi connectivity index (χ0) is 14.7. The maximum atomic E-state index is 12.2. The molecule has 0 saturated heterocycles. The Morgan fingerprint density at radius 3 is 2.76 bits per heavy atom. The van der Waals surface area contributed by atoms with Gasteiger partial charge in [0.25, 0.3) is 0 Å². The highest BCUT2D eigenvalue weighted by Gasteiger charge is 2.22. The summed E-state index contributed by atoms with van der Waals surface area (Å²) in [5, 5.41) is 3.11. The van der Waals surface area contributed by atoms with E-state index in [2.05, 4.69) is 21.2 Å². The van der Waals surface area contributed by atoms with Crippen LogP contribution in [-0.4, -0.2) is 12.5 Å². The van der Waals surface area contributed by atoms with E-state index in [-0.39, 0.29) is 11.9 Å². The van der Waals surface area contributed by atoms with Crippen LogP contribution in [0.15, 0.2) is 53.0 Å². The molecular weight excluding hydrogens is 330 g/mol. The SMILES string of the molecule is O=C(Cc1ccc(Br)cc1)NC1CCOc2ccccc21. The van der Waals surface area contributed by atoms with Crippen LogP contribution >= 0.6 is 15.9 Å². The lowest BCUT2D eigenvalue weighted by atomic mass is 10.00. The largest absolute Gasteiger partial charge is 0.493 e. The molecular formula is C17H16BrNO2. The molecule has 2 aromatic rings. The van der Waals surface area contributed by atoms with Gasteiger partial charge in [0, 0.05) is 16.5 Å². The molecule has 21 heavy (non-hydrogen) atoms. The molecule has 1 amide bonds. The quantitative estimate of drug-likeness (QED) is 0.922. The molecule has 1 aliphatic heterocycles. The number of para-hydroxylation sites is 1. The molecule has 0 radical (unpaired) electrons. The molecule has 108 valence electrons. The summed E-state index contributed by atoms with van der Waals surface area (Å²) in [6.07, 6.45) is 1.20. The highest BCUT2D eigenvalue weighted by atomic mass is 79.9. The van der Waals surface area contributed by atoms with Crippen LogP contribution in [0.2, 0.25) is 0 Å². The van der Waals surface area contributed by atoms with Crippen molar-refractivity contribution in [1.29, 1.82) is 0 Å². The monoisotopic (exact) mass is 345 g/mol. The summed E-state index contributed by atoms with van der Waals surface area (Å²) in [7, 11) is 0. The Bertz CT molecular complexity index is 639. The second-order valence-electron chi connectivity index (χ2n) is 5.10. The van der Waals surface area contributed by atoms with Gasteiger partial charge < -0.3 is 10.1 Å². The van der Waals surface area contributed by atoms with E-state index in [0.29, 0.717) is 13.0 Å². The molecule has 2 aromatic carbocycles. The van der Waals surface area contributed by atoms with E-state index in [1.54, 1.807) is 0 Å². The maximum Gasteiger partial charge on any atom is 0.224 e. The lowest BCUT2D eigenvalue weighted by Gasteiger charge is -2.26. The Kier molecular flexibility index (Phi) is 4.25. The topological polar surface area (TPSA) is 38.3 Å². The Morgan fingerprint density at radius 2 is 1.95 bits per heavy atom. The zero-order valence-corrected chi connectivity index (χ0v) is 13.1. The van der Waals surface area contributed by atoms with Crippen molar-refractivity contribution in [2.24, 2.45) is 0 Å². The van der Waals surface area contributed by atoms with Gasteiger partial charge in [0.05, 0.1) is 19.1 Å². The molecule has 0 saturated carbocycles. The minimum atomic E-state index is 0.0397. The fraction of sp³-hybridized carbons (Fsp3) is 0.235. The lowest BCUT2D eigenvalue weighted by Crippen LogP contribution is -2.33. The molecule has 0 fully saturated rings. The van der Waals surface area contributed by atoms with E-state index >= 15 is 0 Å². The van der Waals surface area contributed by atoms with Crippen molar-refractivity contribution in [1.82, 2.24) is 5.32 Å². The summed E-state index contributed by atoms with van der Waals surface area (Å²) >= 11 is 3.39. The molecule has 0 spiro atoms. The first-order valence-electron chi connectivity index (χ1n) is 6.98. The fourth-order valence-electron chi connectivity index (χ4n) is 2.53. The molecule has 1 aliphatic rings. The number of halogens is 1. The standard InChI is InChI=1S/C17H16BrNO2/c18-13-7-5-12(6-8-13)11-17(20)19-15-9-10-21-16-4-2-1-3-14(15)16/h1-8,15H,9-11H2,(H,19,20). The first kappa shape index (κ1) is 14.1. The number of ether oxygens (including phenoxy) is 1. The van der Waals surface area contributed by atoms with Gasteiger partial charge in [-0.05, 0) is 23.8 Å². The number of hydrogen-bond donors (Lipinski definition) is 1. The summed E-state index contributed by atoms with van der Waals surface area (Å²) < 4.78 is 6.63. The number of fused-ring (bicyclic) bond motifs is 1. The summed E-state index contributed by atoms with van der Waals surface area (Å²) in [5.74, 6) is 0.914. The predicted octanol–water partition coefficient (Wildman–Crippen LogP) is 3.63. The number of hydrogen-bond acceptors (Lipinski definition) is 2. The highest BCUT2D eigenvalue weighted by molar-refractivity contribution is 9.10. The Balaban J connectivity index is 1.67. The van der Waals surface area contributed by atoms with E-state index in [1.807, 2.05) is 48.5 Å². The van der Waals surface area contributed by atoms with Crippen molar-refractivity contribution in [3.05, 3.63) is 64.1 Å². The number of carbonyl (C=O) groups is 1. The van der Waals surface area contributed by atoms with Crippen LogP contribution in [0.3, 0.4) is 0 Å². The average Bonchev–Trinajstić information content (AvgIpc) is 2.50. The van der Waals surface area contributed by atoms with Gasteiger partial charge in [-0.15, -0.1) is 0 Å². The van der Waals surface area contributed by atoms with Crippen molar-refractivity contribution in [3.63, 3.8) is 0 Å². The van der Waals surface area contributed by atoms with Crippen LogP contribution in [0.5, 0.6) is 5.75 Å². The molecule has 1 atom stereocenters. The van der Waals surface area contributed by atoms with Crippen molar-refractivity contribution in [3.8, 4) is 5.75 Å². The van der Waals surface area contributed by atoms with Crippen molar-refractivity contribution in [2.45, 2.75) is 18.9 Å². The van der Waals surface area contributed by atoms with Crippen LogP contribution in [0, 0.1) is 0 Å². The molecule has 3 nitrogen and oxygen atoms in total. The van der Waals surface area contributed by atoms with Gasteiger partial charge in [-0.25, -0.2) is 0 Å². The molecule has 1 N–H and O–H groups in total. The van der Waals surface area contributed by atoms with Gasteiger partial charge in [0.1, 0.15) is 5.75 Å². The van der Waals surface area contributed by atoms with Crippen LogP contribution in [0.4, 0.5) is 0 Å². The minimum Gasteiger partial charge on any atom is -0.493 e. The number of rotatable bonds is 3. The average molecular weight is 346 g/mol. The number of amides is 1. The minimum absolute atomic E-state index is 0.0397. The van der Waals surface area contributed by atoms with Gasteiger partial charge >= 0.3 is 0 Å². The molecule has 0 aliphatic carbocycles. The molecule has 3 rings (SSSR count). The summed E-state index contributed by atoms with van der Waals surface area (Å²) in [6, 6.07) is 15.7. The molecule has 0 bridgehead atoms. The van der Waals surface area contributed by atoms with E-state index in [4.69, 9.17) is 4.74 Å². The van der Waals surface area contributed by atoms with Crippen LogP contribution in [-0.2, 0) is 11.2 Å². The van der Waals surface area contributed by atoms with Crippen molar-refractivity contribution in [2.75, 3.05) is 6.61 Å². The van der Waals surface area contributed by atoms with Crippen LogP contribution in [0.25, 0.3) is 0 Å². The second-order valence-corrected chi connectivity index (χ2v) is 6.01. The van der Waals surface area contributed by atoms with E-state index < -0.39 is 0 Å². The van der Waals surface area contributed by atoms with Crippen LogP contribution in [0.1, 0.15) is 23.6 Å². The third-order valence-electron chi connectivity index (χ3n) is 3.57. The second kappa shape index (κ2) is 6.31. The fourth-order valence-corrected chi connectivity index (χ4v) is 2.79. The normalized spacial score (nSPS) is 16.7. The van der Waals surface area contributed by atoms with Gasteiger partial charge in [-0.2, -0.15) is 0 Å². The Labute approximate surface area is 132 Å². The van der Waals surface area contributed by atoms with Crippen molar-refractivity contribution >= 4 is 21.8 Å². The van der Waals surface area contributed by atoms with Gasteiger partial charge in [0.2, 0.25) is 5.91 Å². The number of nitrogens with one attached hydrogen (secondary N) is 1. The number of carbonyl (C=O) groups excluding carboxylic acids is 1. The summed E-state index contributed by atoms with van der Waals surface area (Å²) in [6.45, 7) is 0.639. The molecule has 0 aromatic heterocycles. The third-order valence-corrected chi connectivity index (χ3v) is 4.10. The van der Waals surface area contributed by atoms with E-state index in [0.717, 1.165) is 27.8 Å². The molecule has 1 heterocycles. The summed E-state index contributed by atoms with van der Waals surface area (Å²) in [4.78, 5) is 12.2. The zero-order valence-electron chi connectivity index (χ0n) is 11.5. The van der Waals surface area contributed by atoms with Gasteiger partial charge in [-0.1, -0.05) is 46.3 Å². The lowest BCUT2D eigenvalue weighted by molar-refractivity contribution is -0.121. The van der Waals surface area contributed by atoms with Gasteiger partial charge in [-0.3, -0.25) is 4.79 Å². The first-order valence-corrected chi connectivity index (χ1v) is 7.77. The van der Waals surface area contributed by atoms with Crippen LogP contribution < -0.4 is 10.1 Å². The number of benzene rings is 2. The third kappa shape index (κ3) is 3.45. The van der Waals surface area contributed by atoms with Gasteiger partial charge in [0.15, 0.2) is 0 Å². The maximum absolute atomic E-state index is 12.2. The molecule has 4 heteroatoms. The van der Waals surface area contributed by atoms with E-state index in [9.17, 15) is 4.79 Å². The highest BCUT2D eigenvalue weighted by Crippen LogP contribution is 2.31. The summed E-state index contributed by atoms with van der Waals surface area (Å²) in [5.41, 5.74) is 2.07. The van der Waals surface area contributed by atoms with E-state index in [1.165, 1.54) is 0 Å². The van der Waals surface area contributed by atoms with Crippen molar-refractivity contribution < 1.29 is 9.53 Å². The smallest absolute Gasteiger partial charge is 0.224 e. The predicted molar refractivity (Wildman–Crippen MR) is 85.3 cm³/mol. The molecule has 1 unspecified atom stereocenters. The Morgan fingerprint density at radius 1 is 1.19 bits per heavy atom. The Hall–Kier alpha value is -1.81.